The minimum absolute atomic E-state index is 0.0134. The Kier molecular flexibility index (Phi) is 8.11. The third-order valence-electron chi connectivity index (χ3n) is 5.51. The average molecular weight is 529 g/mol. The number of nitrogens with zero attached hydrogens (tertiary/aromatic N) is 3. The third kappa shape index (κ3) is 5.47. The van der Waals surface area contributed by atoms with E-state index in [9.17, 15) is 4.79 Å². The van der Waals surface area contributed by atoms with Gasteiger partial charge < -0.3 is 19.5 Å². The molecule has 1 atom stereocenters. The van der Waals surface area contributed by atoms with Gasteiger partial charge in [-0.2, -0.15) is 4.98 Å². The monoisotopic (exact) mass is 528 g/mol. The molecular weight excluding hydrogens is 500 g/mol. The highest BCUT2D eigenvalue weighted by Gasteiger charge is 2.35. The maximum Gasteiger partial charge on any atom is 0.338 e. The lowest BCUT2D eigenvalue weighted by Crippen LogP contribution is -2.29. The molecule has 190 valence electrons. The maximum atomic E-state index is 13.1. The average Bonchev–Trinajstić information content (AvgIpc) is 3.25. The van der Waals surface area contributed by atoms with Gasteiger partial charge in [0.2, 0.25) is 11.1 Å². The number of nitrogens with one attached hydrogen (secondary N) is 1. The number of aromatic nitrogens is 3. The Morgan fingerprint density at radius 3 is 2.69 bits per heavy atom. The zero-order valence-electron chi connectivity index (χ0n) is 20.9. The van der Waals surface area contributed by atoms with Crippen molar-refractivity contribution in [2.24, 2.45) is 0 Å². The third-order valence-corrected chi connectivity index (χ3v) is 6.76. The van der Waals surface area contributed by atoms with Crippen LogP contribution in [0, 0.1) is 0 Å². The molecule has 10 heteroatoms. The van der Waals surface area contributed by atoms with Crippen molar-refractivity contribution in [1.82, 2.24) is 14.8 Å². The number of benzene rings is 2. The molecule has 2 aromatic carbocycles. The fraction of sp³-hybridized carbons (Fsp3) is 0.346. The number of esters is 1. The van der Waals surface area contributed by atoms with Crippen molar-refractivity contribution >= 4 is 35.3 Å². The van der Waals surface area contributed by atoms with Crippen LogP contribution in [0.2, 0.25) is 5.02 Å². The lowest BCUT2D eigenvalue weighted by molar-refractivity contribution is -0.139. The largest absolute Gasteiger partial charge is 0.493 e. The van der Waals surface area contributed by atoms with Crippen LogP contribution < -0.4 is 14.8 Å². The summed E-state index contributed by atoms with van der Waals surface area (Å²) in [5.41, 5.74) is 2.90. The van der Waals surface area contributed by atoms with Crippen molar-refractivity contribution in [3.8, 4) is 11.5 Å². The summed E-state index contributed by atoms with van der Waals surface area (Å²) in [7, 11) is 1.59. The van der Waals surface area contributed by atoms with Gasteiger partial charge in [-0.1, -0.05) is 47.6 Å². The summed E-state index contributed by atoms with van der Waals surface area (Å²) >= 11 is 7.79. The van der Waals surface area contributed by atoms with E-state index in [1.54, 1.807) is 18.7 Å². The van der Waals surface area contributed by atoms with E-state index in [1.807, 2.05) is 63.2 Å². The number of rotatable bonds is 9. The summed E-state index contributed by atoms with van der Waals surface area (Å²) in [6.07, 6.45) is -0.0134. The van der Waals surface area contributed by atoms with Crippen molar-refractivity contribution in [2.45, 2.75) is 50.8 Å². The summed E-state index contributed by atoms with van der Waals surface area (Å²) in [6.45, 7) is 7.78. The van der Waals surface area contributed by atoms with Gasteiger partial charge in [-0.3, -0.25) is 0 Å². The summed E-state index contributed by atoms with van der Waals surface area (Å²) < 4.78 is 18.6. The van der Waals surface area contributed by atoms with Crippen LogP contribution >= 0.6 is 23.4 Å². The second-order valence-corrected chi connectivity index (χ2v) is 9.76. The fourth-order valence-electron chi connectivity index (χ4n) is 3.94. The molecular formula is C26H29ClN4O4S. The lowest BCUT2D eigenvalue weighted by Gasteiger charge is -2.28. The van der Waals surface area contributed by atoms with Crippen LogP contribution in [-0.4, -0.2) is 40.6 Å². The Morgan fingerprint density at radius 1 is 1.22 bits per heavy atom. The number of thioether (sulfide) groups is 1. The molecule has 8 nitrogen and oxygen atoms in total. The van der Waals surface area contributed by atoms with Crippen molar-refractivity contribution in [3.05, 3.63) is 69.9 Å². The van der Waals surface area contributed by atoms with E-state index in [2.05, 4.69) is 10.3 Å². The number of carbonyl (C=O) groups excluding carboxylic acids is 1. The fourth-order valence-corrected chi connectivity index (χ4v) is 5.05. The normalized spacial score (nSPS) is 14.9. The minimum Gasteiger partial charge on any atom is -0.493 e. The van der Waals surface area contributed by atoms with Crippen molar-refractivity contribution < 1.29 is 19.0 Å². The molecule has 36 heavy (non-hydrogen) atoms. The summed E-state index contributed by atoms with van der Waals surface area (Å²) in [5.74, 6) is 1.92. The van der Waals surface area contributed by atoms with Crippen LogP contribution in [0.25, 0.3) is 0 Å². The number of allylic oxidation sites excluding steroid dienone is 1. The molecule has 1 aromatic heterocycles. The van der Waals surface area contributed by atoms with Gasteiger partial charge >= 0.3 is 5.97 Å². The van der Waals surface area contributed by atoms with Crippen LogP contribution in [-0.2, 0) is 15.3 Å². The minimum atomic E-state index is -0.565. The molecule has 2 heterocycles. The first-order valence-electron chi connectivity index (χ1n) is 11.6. The van der Waals surface area contributed by atoms with Crippen LogP contribution in [0.3, 0.4) is 0 Å². The predicted octanol–water partition coefficient (Wildman–Crippen LogP) is 5.87. The molecule has 0 saturated carbocycles. The van der Waals surface area contributed by atoms with Gasteiger partial charge in [-0.15, -0.1) is 5.10 Å². The number of anilines is 1. The standard InChI is InChI=1S/C26H29ClN4O4S/c1-6-34-24(32)22-16(4)28-25-29-26(36-14-18-9-7-8-10-19(18)27)30-31(25)23(22)17-11-12-20(35-15(2)3)21(13-17)33-5/h7-13,15,23H,6,14H2,1-5H3,(H,28,29,30). The Morgan fingerprint density at radius 2 is 2.00 bits per heavy atom. The zero-order valence-corrected chi connectivity index (χ0v) is 22.4. The van der Waals surface area contributed by atoms with Crippen molar-refractivity contribution in [2.75, 3.05) is 19.0 Å². The van der Waals surface area contributed by atoms with Gasteiger partial charge in [0, 0.05) is 16.5 Å². The Balaban J connectivity index is 1.74. The van der Waals surface area contributed by atoms with E-state index in [1.165, 1.54) is 11.8 Å². The second-order valence-electron chi connectivity index (χ2n) is 8.41. The smallest absolute Gasteiger partial charge is 0.338 e. The van der Waals surface area contributed by atoms with E-state index < -0.39 is 12.0 Å². The molecule has 0 amide bonds. The first-order valence-corrected chi connectivity index (χ1v) is 13.0. The Labute approximate surface area is 220 Å². The van der Waals surface area contributed by atoms with Gasteiger partial charge in [0.1, 0.15) is 6.04 Å². The van der Waals surface area contributed by atoms with E-state index in [4.69, 9.17) is 30.9 Å². The van der Waals surface area contributed by atoms with Gasteiger partial charge in [0.05, 0.1) is 25.4 Å². The number of halogens is 1. The summed E-state index contributed by atoms with van der Waals surface area (Å²) in [5, 5.41) is 9.23. The summed E-state index contributed by atoms with van der Waals surface area (Å²) in [4.78, 5) is 17.7. The molecule has 0 aliphatic carbocycles. The quantitative estimate of drug-likeness (QED) is 0.272. The number of fused-ring (bicyclic) bond motifs is 1. The molecule has 0 fully saturated rings. The van der Waals surface area contributed by atoms with Crippen LogP contribution in [0.4, 0.5) is 5.95 Å². The van der Waals surface area contributed by atoms with E-state index in [0.29, 0.717) is 44.6 Å². The predicted molar refractivity (Wildman–Crippen MR) is 141 cm³/mol. The van der Waals surface area contributed by atoms with Crippen LogP contribution in [0.5, 0.6) is 11.5 Å². The molecule has 1 N–H and O–H groups in total. The second kappa shape index (κ2) is 11.3. The van der Waals surface area contributed by atoms with E-state index >= 15 is 0 Å². The van der Waals surface area contributed by atoms with Gasteiger partial charge in [0.15, 0.2) is 11.5 Å². The van der Waals surface area contributed by atoms with Crippen LogP contribution in [0.15, 0.2) is 58.9 Å². The highest BCUT2D eigenvalue weighted by Crippen LogP contribution is 2.40. The number of hydrogen-bond donors (Lipinski definition) is 1. The molecule has 0 saturated heterocycles. The maximum absolute atomic E-state index is 13.1. The number of ether oxygens (including phenoxy) is 3. The molecule has 0 spiro atoms. The van der Waals surface area contributed by atoms with Crippen molar-refractivity contribution in [1.29, 1.82) is 0 Å². The molecule has 1 unspecified atom stereocenters. The Bertz CT molecular complexity index is 1290. The van der Waals surface area contributed by atoms with E-state index in [0.717, 1.165) is 11.1 Å². The first-order chi connectivity index (χ1) is 17.3. The lowest BCUT2D eigenvalue weighted by atomic mass is 9.95. The molecule has 0 radical (unpaired) electrons. The first kappa shape index (κ1) is 25.9. The highest BCUT2D eigenvalue weighted by atomic mass is 35.5. The molecule has 1 aliphatic rings. The molecule has 4 rings (SSSR count). The topological polar surface area (TPSA) is 87.5 Å². The highest BCUT2D eigenvalue weighted by molar-refractivity contribution is 7.98. The summed E-state index contributed by atoms with van der Waals surface area (Å²) in [6, 6.07) is 12.7. The van der Waals surface area contributed by atoms with Crippen molar-refractivity contribution in [3.63, 3.8) is 0 Å². The van der Waals surface area contributed by atoms with Gasteiger partial charge in [0.25, 0.3) is 0 Å². The number of hydrogen-bond acceptors (Lipinski definition) is 8. The van der Waals surface area contributed by atoms with Gasteiger partial charge in [-0.25, -0.2) is 9.48 Å². The number of methoxy groups -OCH3 is 1. The Hall–Kier alpha value is -3.17. The molecule has 0 bridgehead atoms. The molecule has 1 aliphatic heterocycles. The SMILES string of the molecule is CCOC(=O)C1=C(C)Nc2nc(SCc3ccccc3Cl)nn2C1c1ccc(OC(C)C)c(OC)c1. The number of carbonyl (C=O) groups is 1. The molecule has 3 aromatic rings. The van der Waals surface area contributed by atoms with Gasteiger partial charge in [-0.05, 0) is 57.0 Å². The zero-order chi connectivity index (χ0) is 25.8. The van der Waals surface area contributed by atoms with Crippen LogP contribution in [0.1, 0.15) is 44.9 Å². The van der Waals surface area contributed by atoms with E-state index in [-0.39, 0.29) is 12.7 Å².